The molecule has 3 unspecified atom stereocenters. The van der Waals surface area contributed by atoms with Crippen molar-refractivity contribution in [3.63, 3.8) is 0 Å². The molecule has 0 bridgehead atoms. The van der Waals surface area contributed by atoms with E-state index in [-0.39, 0.29) is 5.75 Å². The van der Waals surface area contributed by atoms with Crippen molar-refractivity contribution in [1.82, 2.24) is 5.32 Å². The normalized spacial score (nSPS) is 20.2. The number of hydrogen-bond acceptors (Lipinski definition) is 5. The number of furan rings is 1. The standard InChI is InChI=1S/C22H24ClN3O3S/c1-14-11-26(12-15(2)24-14)18-4-5-21(27)20(10-18)25-30(28)22-6-3-16(9-19(22)23)17-7-8-29-13-17/h3-10,13-15,24-25,27H,11-12H2,1-2H3. The van der Waals surface area contributed by atoms with E-state index >= 15 is 0 Å². The van der Waals surface area contributed by atoms with Gasteiger partial charge in [-0.05, 0) is 55.8 Å². The summed E-state index contributed by atoms with van der Waals surface area (Å²) >= 11 is 6.39. The van der Waals surface area contributed by atoms with Gasteiger partial charge in [-0.2, -0.15) is 0 Å². The van der Waals surface area contributed by atoms with Gasteiger partial charge in [-0.3, -0.25) is 4.72 Å². The van der Waals surface area contributed by atoms with Gasteiger partial charge in [0.05, 0.1) is 28.1 Å². The highest BCUT2D eigenvalue weighted by molar-refractivity contribution is 7.86. The maximum Gasteiger partial charge on any atom is 0.151 e. The topological polar surface area (TPSA) is 77.7 Å². The predicted octanol–water partition coefficient (Wildman–Crippen LogP) is 4.63. The summed E-state index contributed by atoms with van der Waals surface area (Å²) in [5.41, 5.74) is 3.14. The fourth-order valence-electron chi connectivity index (χ4n) is 3.75. The Morgan fingerprint density at radius 2 is 1.90 bits per heavy atom. The molecule has 1 aliphatic rings. The van der Waals surface area contributed by atoms with E-state index < -0.39 is 11.0 Å². The van der Waals surface area contributed by atoms with Crippen LogP contribution in [-0.2, 0) is 11.0 Å². The zero-order chi connectivity index (χ0) is 21.3. The van der Waals surface area contributed by atoms with Crippen LogP contribution in [-0.4, -0.2) is 34.5 Å². The minimum absolute atomic E-state index is 0.0365. The van der Waals surface area contributed by atoms with Crippen molar-refractivity contribution in [3.05, 3.63) is 60.0 Å². The maximum absolute atomic E-state index is 12.9. The minimum Gasteiger partial charge on any atom is -0.506 e. The first-order valence-electron chi connectivity index (χ1n) is 9.75. The lowest BCUT2D eigenvalue weighted by Crippen LogP contribution is -2.54. The molecule has 2 aromatic carbocycles. The molecule has 0 amide bonds. The van der Waals surface area contributed by atoms with E-state index in [1.807, 2.05) is 24.3 Å². The Bertz CT molecular complexity index is 1050. The lowest BCUT2D eigenvalue weighted by atomic mass is 10.1. The van der Waals surface area contributed by atoms with Crippen molar-refractivity contribution in [1.29, 1.82) is 0 Å². The Labute approximate surface area is 183 Å². The highest BCUT2D eigenvalue weighted by atomic mass is 35.5. The third-order valence-electron chi connectivity index (χ3n) is 5.09. The van der Waals surface area contributed by atoms with Crippen LogP contribution >= 0.6 is 11.6 Å². The summed E-state index contributed by atoms with van der Waals surface area (Å²) in [6.07, 6.45) is 3.22. The van der Waals surface area contributed by atoms with Gasteiger partial charge in [0, 0.05) is 36.4 Å². The number of anilines is 2. The minimum atomic E-state index is -1.63. The maximum atomic E-state index is 12.9. The highest BCUT2D eigenvalue weighted by Gasteiger charge is 2.22. The number of aromatic hydroxyl groups is 1. The molecule has 1 saturated heterocycles. The average Bonchev–Trinajstić information content (AvgIpc) is 3.23. The van der Waals surface area contributed by atoms with Crippen LogP contribution in [0.1, 0.15) is 13.8 Å². The van der Waals surface area contributed by atoms with Crippen LogP contribution in [0, 0.1) is 0 Å². The summed E-state index contributed by atoms with van der Waals surface area (Å²) in [5, 5.41) is 14.2. The summed E-state index contributed by atoms with van der Waals surface area (Å²) < 4.78 is 20.9. The van der Waals surface area contributed by atoms with Crippen LogP contribution in [0.3, 0.4) is 0 Å². The fourth-order valence-corrected chi connectivity index (χ4v) is 5.05. The number of halogens is 1. The molecular formula is C22H24ClN3O3S. The summed E-state index contributed by atoms with van der Waals surface area (Å²) in [7, 11) is -1.63. The van der Waals surface area contributed by atoms with Crippen LogP contribution in [0.25, 0.3) is 11.1 Å². The molecule has 30 heavy (non-hydrogen) atoms. The van der Waals surface area contributed by atoms with Crippen molar-refractivity contribution < 1.29 is 13.7 Å². The van der Waals surface area contributed by atoms with Gasteiger partial charge in [-0.1, -0.05) is 17.7 Å². The summed E-state index contributed by atoms with van der Waals surface area (Å²) in [6.45, 7) is 6.01. The number of benzene rings is 2. The Morgan fingerprint density at radius 3 is 2.57 bits per heavy atom. The molecule has 158 valence electrons. The van der Waals surface area contributed by atoms with E-state index in [2.05, 4.69) is 28.8 Å². The molecule has 0 saturated carbocycles. The van der Waals surface area contributed by atoms with Gasteiger partial charge >= 0.3 is 0 Å². The molecule has 2 heterocycles. The molecule has 3 atom stereocenters. The first-order chi connectivity index (χ1) is 14.4. The first kappa shape index (κ1) is 20.8. The smallest absolute Gasteiger partial charge is 0.151 e. The van der Waals surface area contributed by atoms with Gasteiger partial charge in [-0.15, -0.1) is 0 Å². The summed E-state index contributed by atoms with van der Waals surface area (Å²) in [5.74, 6) is 0.0365. The number of phenolic OH excluding ortho intramolecular Hbond substituents is 1. The van der Waals surface area contributed by atoms with Gasteiger partial charge in [0.2, 0.25) is 0 Å². The van der Waals surface area contributed by atoms with Gasteiger partial charge < -0.3 is 19.7 Å². The van der Waals surface area contributed by atoms with Crippen LogP contribution in [0.5, 0.6) is 5.75 Å². The fraction of sp³-hybridized carbons (Fsp3) is 0.273. The molecular weight excluding hydrogens is 422 g/mol. The predicted molar refractivity (Wildman–Crippen MR) is 122 cm³/mol. The van der Waals surface area contributed by atoms with Crippen molar-refractivity contribution in [2.24, 2.45) is 0 Å². The molecule has 1 aromatic heterocycles. The van der Waals surface area contributed by atoms with Gasteiger partial charge in [-0.25, -0.2) is 4.21 Å². The molecule has 4 rings (SSSR count). The van der Waals surface area contributed by atoms with Crippen molar-refractivity contribution in [2.75, 3.05) is 22.7 Å². The van der Waals surface area contributed by atoms with Gasteiger partial charge in [0.25, 0.3) is 0 Å². The van der Waals surface area contributed by atoms with Crippen molar-refractivity contribution in [2.45, 2.75) is 30.8 Å². The van der Waals surface area contributed by atoms with E-state index in [1.54, 1.807) is 30.7 Å². The lowest BCUT2D eigenvalue weighted by Gasteiger charge is -2.37. The SMILES string of the molecule is CC1CN(c2ccc(O)c(NS(=O)c3ccc(-c4ccoc4)cc3Cl)c2)CC(C)N1. The van der Waals surface area contributed by atoms with Crippen LogP contribution in [0.15, 0.2) is 64.3 Å². The summed E-state index contributed by atoms with van der Waals surface area (Å²) in [4.78, 5) is 2.70. The van der Waals surface area contributed by atoms with E-state index in [0.717, 1.165) is 29.9 Å². The third kappa shape index (κ3) is 4.48. The van der Waals surface area contributed by atoms with Crippen LogP contribution in [0.4, 0.5) is 11.4 Å². The molecule has 0 radical (unpaired) electrons. The second-order valence-corrected chi connectivity index (χ2v) is 9.19. The Kier molecular flexibility index (Phi) is 6.04. The monoisotopic (exact) mass is 445 g/mol. The quantitative estimate of drug-likeness (QED) is 0.499. The molecule has 1 aliphatic heterocycles. The molecule has 0 spiro atoms. The van der Waals surface area contributed by atoms with Gasteiger partial charge in [0.1, 0.15) is 5.75 Å². The van der Waals surface area contributed by atoms with Crippen LogP contribution < -0.4 is 14.9 Å². The molecule has 3 aromatic rings. The molecule has 1 fully saturated rings. The molecule has 6 nitrogen and oxygen atoms in total. The Balaban J connectivity index is 1.54. The van der Waals surface area contributed by atoms with E-state index in [9.17, 15) is 9.32 Å². The van der Waals surface area contributed by atoms with E-state index in [1.165, 1.54) is 0 Å². The molecule has 8 heteroatoms. The number of phenols is 1. The molecule has 0 aliphatic carbocycles. The largest absolute Gasteiger partial charge is 0.506 e. The van der Waals surface area contributed by atoms with Gasteiger partial charge in [0.15, 0.2) is 11.0 Å². The van der Waals surface area contributed by atoms with E-state index in [4.69, 9.17) is 16.0 Å². The second kappa shape index (κ2) is 8.71. The zero-order valence-electron chi connectivity index (χ0n) is 16.8. The zero-order valence-corrected chi connectivity index (χ0v) is 18.3. The number of rotatable bonds is 5. The van der Waals surface area contributed by atoms with Crippen LogP contribution in [0.2, 0.25) is 5.02 Å². The Hall–Kier alpha value is -2.48. The average molecular weight is 446 g/mol. The Morgan fingerprint density at radius 1 is 1.13 bits per heavy atom. The molecule has 3 N–H and O–H groups in total. The number of hydrogen-bond donors (Lipinski definition) is 3. The van der Waals surface area contributed by atoms with Crippen molar-refractivity contribution in [3.8, 4) is 16.9 Å². The number of piperazine rings is 1. The number of nitrogens with one attached hydrogen (secondary N) is 2. The third-order valence-corrected chi connectivity index (χ3v) is 6.68. The second-order valence-electron chi connectivity index (χ2n) is 7.60. The first-order valence-corrected chi connectivity index (χ1v) is 11.3. The summed E-state index contributed by atoms with van der Waals surface area (Å²) in [6, 6.07) is 13.2. The lowest BCUT2D eigenvalue weighted by molar-refractivity contribution is 0.407. The van der Waals surface area contributed by atoms with Crippen molar-refractivity contribution >= 4 is 34.0 Å². The van der Waals surface area contributed by atoms with E-state index in [0.29, 0.717) is 27.7 Å². The number of nitrogens with zero attached hydrogens (tertiary/aromatic N) is 1. The highest BCUT2D eigenvalue weighted by Crippen LogP contribution is 2.33.